The third kappa shape index (κ3) is 50.5. The highest BCUT2D eigenvalue weighted by Gasteiger charge is 2.19. The number of unbranched alkanes of at least 4 members (excludes halogenated alkanes) is 12. The minimum absolute atomic E-state index is 0.117. The number of ether oxygens (including phenoxy) is 3. The fourth-order valence-corrected chi connectivity index (χ4v) is 6.50. The molecule has 0 bridgehead atoms. The van der Waals surface area contributed by atoms with Gasteiger partial charge in [-0.25, -0.2) is 0 Å². The summed E-state index contributed by atoms with van der Waals surface area (Å²) in [6.07, 6.45) is 74.5. The number of rotatable bonds is 45. The third-order valence-electron chi connectivity index (χ3n) is 10.4. The molecule has 6 nitrogen and oxygen atoms in total. The summed E-state index contributed by atoms with van der Waals surface area (Å²) in [7, 11) is 0. The lowest BCUT2D eigenvalue weighted by Gasteiger charge is -2.18. The summed E-state index contributed by atoms with van der Waals surface area (Å²) < 4.78 is 16.7. The average molecular weight is 911 g/mol. The Kier molecular flexibility index (Phi) is 49.6. The van der Waals surface area contributed by atoms with Crippen LogP contribution in [0.25, 0.3) is 0 Å². The van der Waals surface area contributed by atoms with Gasteiger partial charge in [0.25, 0.3) is 0 Å². The van der Waals surface area contributed by atoms with Crippen LogP contribution in [-0.2, 0) is 28.6 Å². The summed E-state index contributed by atoms with van der Waals surface area (Å²) in [5.74, 6) is -1.03. The molecular weight excluding hydrogens is 817 g/mol. The van der Waals surface area contributed by atoms with Crippen LogP contribution in [-0.4, -0.2) is 37.2 Å². The van der Waals surface area contributed by atoms with Gasteiger partial charge in [-0.05, 0) is 128 Å². The van der Waals surface area contributed by atoms with E-state index in [0.717, 1.165) is 122 Å². The number of carbonyl (C=O) groups is 3. The van der Waals surface area contributed by atoms with E-state index in [0.29, 0.717) is 19.3 Å². The Bertz CT molecular complexity index is 1460. The summed E-state index contributed by atoms with van der Waals surface area (Å²) in [6.45, 7) is 6.28. The van der Waals surface area contributed by atoms with Crippen molar-refractivity contribution in [2.75, 3.05) is 13.2 Å². The number of carbonyl (C=O) groups excluding carboxylic acids is 3. The van der Waals surface area contributed by atoms with Gasteiger partial charge in [-0.3, -0.25) is 14.4 Å². The molecule has 0 saturated heterocycles. The van der Waals surface area contributed by atoms with Gasteiger partial charge in [0.2, 0.25) is 0 Å². The average Bonchev–Trinajstić information content (AvgIpc) is 3.31. The number of hydrogen-bond donors (Lipinski definition) is 0. The standard InChI is InChI=1S/C60H94O6/c1-4-7-10-13-16-19-22-25-26-27-28-29-30-31-32-33-34-36-38-41-44-47-50-53-59(62)65-56-57(55-64-58(61)52-49-46-43-40-37-24-21-18-15-12-9-6-3)66-60(63)54-51-48-45-42-39-35-23-20-17-14-11-8-5-2/h7-8,10-11,16-21,25-26,28-29,31-32,34-36,39,41,44,57H,4-6,9,12-15,22-24,27,30,33,37-38,40,42-43,45-56H2,1-3H3/b10-7-,11-8-,19-16-,20-17-,21-18-,26-25-,29-28-,32-31-,36-34-,39-35-,44-41-. The van der Waals surface area contributed by atoms with E-state index >= 15 is 0 Å². The van der Waals surface area contributed by atoms with Crippen LogP contribution < -0.4 is 0 Å². The van der Waals surface area contributed by atoms with Gasteiger partial charge in [-0.1, -0.05) is 193 Å². The van der Waals surface area contributed by atoms with Crippen molar-refractivity contribution < 1.29 is 28.6 Å². The Morgan fingerprint density at radius 2 is 0.606 bits per heavy atom. The van der Waals surface area contributed by atoms with Crippen LogP contribution in [0.4, 0.5) is 0 Å². The van der Waals surface area contributed by atoms with Crippen molar-refractivity contribution in [2.24, 2.45) is 0 Å². The maximum atomic E-state index is 12.8. The van der Waals surface area contributed by atoms with Gasteiger partial charge in [0.15, 0.2) is 6.10 Å². The van der Waals surface area contributed by atoms with Crippen molar-refractivity contribution in [3.8, 4) is 0 Å². The first-order chi connectivity index (χ1) is 32.5. The second-order valence-electron chi connectivity index (χ2n) is 16.7. The predicted molar refractivity (Wildman–Crippen MR) is 283 cm³/mol. The van der Waals surface area contributed by atoms with E-state index in [4.69, 9.17) is 14.2 Å². The molecule has 0 saturated carbocycles. The summed E-state index contributed by atoms with van der Waals surface area (Å²) in [6, 6.07) is 0. The monoisotopic (exact) mass is 911 g/mol. The molecule has 0 aromatic carbocycles. The molecule has 0 radical (unpaired) electrons. The lowest BCUT2D eigenvalue weighted by Crippen LogP contribution is -2.30. The van der Waals surface area contributed by atoms with E-state index in [1.807, 2.05) is 0 Å². The maximum absolute atomic E-state index is 12.8. The summed E-state index contributed by atoms with van der Waals surface area (Å²) >= 11 is 0. The first-order valence-corrected chi connectivity index (χ1v) is 26.2. The summed E-state index contributed by atoms with van der Waals surface area (Å²) in [5.41, 5.74) is 0. The molecule has 0 aromatic rings. The molecule has 0 spiro atoms. The molecular formula is C60H94O6. The molecule has 370 valence electrons. The lowest BCUT2D eigenvalue weighted by atomic mass is 10.1. The second kappa shape index (κ2) is 53.2. The molecule has 0 aliphatic carbocycles. The van der Waals surface area contributed by atoms with Gasteiger partial charge in [-0.15, -0.1) is 0 Å². The largest absolute Gasteiger partial charge is 0.462 e. The molecule has 0 amide bonds. The predicted octanol–water partition coefficient (Wildman–Crippen LogP) is 17.5. The number of allylic oxidation sites excluding steroid dienone is 22. The molecule has 0 fully saturated rings. The zero-order valence-corrected chi connectivity index (χ0v) is 42.1. The molecule has 0 heterocycles. The quantitative estimate of drug-likeness (QED) is 0.0262. The van der Waals surface area contributed by atoms with Crippen LogP contribution in [0.3, 0.4) is 0 Å². The summed E-state index contributed by atoms with van der Waals surface area (Å²) in [5, 5.41) is 0. The first-order valence-electron chi connectivity index (χ1n) is 26.2. The van der Waals surface area contributed by atoms with E-state index < -0.39 is 6.10 Å². The molecule has 0 rings (SSSR count). The smallest absolute Gasteiger partial charge is 0.306 e. The van der Waals surface area contributed by atoms with Gasteiger partial charge >= 0.3 is 17.9 Å². The number of hydrogen-bond acceptors (Lipinski definition) is 6. The van der Waals surface area contributed by atoms with E-state index in [-0.39, 0.29) is 44.0 Å². The molecule has 0 N–H and O–H groups in total. The molecule has 66 heavy (non-hydrogen) atoms. The van der Waals surface area contributed by atoms with E-state index in [1.165, 1.54) is 32.1 Å². The fraction of sp³-hybridized carbons (Fsp3) is 0.583. The third-order valence-corrected chi connectivity index (χ3v) is 10.4. The first kappa shape index (κ1) is 61.5. The van der Waals surface area contributed by atoms with Crippen LogP contribution in [0.1, 0.15) is 207 Å². The van der Waals surface area contributed by atoms with Gasteiger partial charge < -0.3 is 14.2 Å². The molecule has 0 aliphatic rings. The Balaban J connectivity index is 4.51. The van der Waals surface area contributed by atoms with Crippen molar-refractivity contribution in [1.82, 2.24) is 0 Å². The van der Waals surface area contributed by atoms with Crippen molar-refractivity contribution in [3.05, 3.63) is 134 Å². The topological polar surface area (TPSA) is 78.9 Å². The van der Waals surface area contributed by atoms with Crippen molar-refractivity contribution in [3.63, 3.8) is 0 Å². The van der Waals surface area contributed by atoms with Crippen LogP contribution in [0.2, 0.25) is 0 Å². The van der Waals surface area contributed by atoms with Gasteiger partial charge in [-0.2, -0.15) is 0 Å². The van der Waals surface area contributed by atoms with Crippen molar-refractivity contribution >= 4 is 17.9 Å². The zero-order valence-electron chi connectivity index (χ0n) is 42.1. The molecule has 1 atom stereocenters. The van der Waals surface area contributed by atoms with Crippen molar-refractivity contribution in [1.29, 1.82) is 0 Å². The van der Waals surface area contributed by atoms with E-state index in [2.05, 4.69) is 154 Å². The minimum Gasteiger partial charge on any atom is -0.462 e. The molecule has 0 aromatic heterocycles. The SMILES string of the molecule is CC/C=C\C/C=C\C/C=C\C/C=C\C/C=C\C/C=C\C/C=C\CCCC(=O)OCC(COC(=O)CCCCCCC/C=C\CCCCC)OC(=O)CCCCC/C=C\C/C=C\C/C=C\CC. The van der Waals surface area contributed by atoms with Crippen LogP contribution in [0.15, 0.2) is 134 Å². The fourth-order valence-electron chi connectivity index (χ4n) is 6.50. The second-order valence-corrected chi connectivity index (χ2v) is 16.7. The Morgan fingerprint density at radius 3 is 1.02 bits per heavy atom. The zero-order chi connectivity index (χ0) is 47.9. The van der Waals surface area contributed by atoms with Gasteiger partial charge in [0.1, 0.15) is 13.2 Å². The van der Waals surface area contributed by atoms with Crippen molar-refractivity contribution in [2.45, 2.75) is 213 Å². The van der Waals surface area contributed by atoms with Gasteiger partial charge in [0, 0.05) is 19.3 Å². The van der Waals surface area contributed by atoms with Crippen LogP contribution in [0, 0.1) is 0 Å². The Morgan fingerprint density at radius 1 is 0.318 bits per heavy atom. The highest BCUT2D eigenvalue weighted by molar-refractivity contribution is 5.71. The minimum atomic E-state index is -0.824. The Labute approximate surface area is 405 Å². The highest BCUT2D eigenvalue weighted by Crippen LogP contribution is 2.12. The molecule has 0 aliphatic heterocycles. The number of esters is 3. The highest BCUT2D eigenvalue weighted by atomic mass is 16.6. The molecule has 6 heteroatoms. The van der Waals surface area contributed by atoms with E-state index in [1.54, 1.807) is 0 Å². The maximum Gasteiger partial charge on any atom is 0.306 e. The molecule has 1 unspecified atom stereocenters. The Hall–Kier alpha value is -4.45. The summed E-state index contributed by atoms with van der Waals surface area (Å²) in [4.78, 5) is 37.9. The van der Waals surface area contributed by atoms with Crippen LogP contribution in [0.5, 0.6) is 0 Å². The van der Waals surface area contributed by atoms with Crippen LogP contribution >= 0.6 is 0 Å². The lowest BCUT2D eigenvalue weighted by molar-refractivity contribution is -0.167. The van der Waals surface area contributed by atoms with E-state index in [9.17, 15) is 14.4 Å². The normalized spacial score (nSPS) is 13.2. The van der Waals surface area contributed by atoms with Gasteiger partial charge in [0.05, 0.1) is 0 Å².